The number of aromatic nitrogens is 2. The first-order valence-corrected chi connectivity index (χ1v) is 25.3. The van der Waals surface area contributed by atoms with Gasteiger partial charge in [-0.15, -0.1) is 22.7 Å². The predicted molar refractivity (Wildman–Crippen MR) is 259 cm³/mol. The van der Waals surface area contributed by atoms with Crippen LogP contribution in [0, 0.1) is 0 Å². The molecule has 0 amide bonds. The lowest BCUT2D eigenvalue weighted by molar-refractivity contribution is 0.0523. The Balaban J connectivity index is 1.46. The van der Waals surface area contributed by atoms with E-state index in [0.717, 1.165) is 31.8 Å². The van der Waals surface area contributed by atoms with Crippen molar-refractivity contribution in [2.24, 2.45) is 9.49 Å². The highest BCUT2D eigenvalue weighted by Crippen LogP contribution is 2.55. The van der Waals surface area contributed by atoms with E-state index in [0.29, 0.717) is 41.8 Å². The van der Waals surface area contributed by atoms with Crippen LogP contribution in [0.3, 0.4) is 0 Å². The van der Waals surface area contributed by atoms with E-state index >= 15 is 0 Å². The highest BCUT2D eigenvalue weighted by atomic mass is 32.1. The lowest BCUT2D eigenvalue weighted by Gasteiger charge is -2.27. The van der Waals surface area contributed by atoms with Crippen molar-refractivity contribution in [3.63, 3.8) is 0 Å². The van der Waals surface area contributed by atoms with Crippen LogP contribution in [0.5, 0.6) is 0 Å². The molecule has 0 fully saturated rings. The molecule has 0 saturated carbocycles. The predicted octanol–water partition coefficient (Wildman–Crippen LogP) is 10.9. The summed E-state index contributed by atoms with van der Waals surface area (Å²) in [4.78, 5) is 40.4. The summed E-state index contributed by atoms with van der Waals surface area (Å²) in [5.41, 5.74) is 1.61. The second-order valence-corrected chi connectivity index (χ2v) is 22.1. The molecular formula is C50H40N4O4P2S2. The quantitative estimate of drug-likeness (QED) is 0.0894. The van der Waals surface area contributed by atoms with Gasteiger partial charge in [0.1, 0.15) is 41.8 Å². The van der Waals surface area contributed by atoms with Crippen molar-refractivity contribution in [2.45, 2.75) is 13.8 Å². The molecule has 8 nitrogen and oxygen atoms in total. The van der Waals surface area contributed by atoms with Gasteiger partial charge in [-0.3, -0.25) is 0 Å². The Bertz CT molecular complexity index is 2730. The molecule has 62 heavy (non-hydrogen) atoms. The number of carbonyl (C=O) groups excluding carboxylic acids is 2. The standard InChI is InChI=1S/C50H40N4O4P2S2/c1-3-57-49(55)45-41(53-59(35-23-11-5-12-24-35,36-25-13-6-14-26-36)37-27-15-7-16-28-37)43-47(61-45)52-48-44(51-43)42(46(62-48)50(56)58-4-2)54-60(38-29-17-8-18-30-38,39-31-19-9-20-32-39)40-33-21-10-22-34-40/h5-34H,3-4H2,1-2H3. The number of fused-ring (bicyclic) bond motifs is 2. The molecule has 0 saturated heterocycles. The molecule has 0 unspecified atom stereocenters. The van der Waals surface area contributed by atoms with Gasteiger partial charge in [0.15, 0.2) is 0 Å². The van der Waals surface area contributed by atoms with Crippen LogP contribution in [0.15, 0.2) is 191 Å². The third kappa shape index (κ3) is 7.43. The van der Waals surface area contributed by atoms with Crippen molar-refractivity contribution in [2.75, 3.05) is 13.2 Å². The van der Waals surface area contributed by atoms with E-state index in [9.17, 15) is 9.59 Å². The minimum Gasteiger partial charge on any atom is -0.462 e. The minimum atomic E-state index is -2.91. The van der Waals surface area contributed by atoms with Gasteiger partial charge in [-0.1, -0.05) is 182 Å². The van der Waals surface area contributed by atoms with Crippen molar-refractivity contribution in [1.29, 1.82) is 0 Å². The smallest absolute Gasteiger partial charge is 0.350 e. The number of hydrogen-bond donors (Lipinski definition) is 0. The van der Waals surface area contributed by atoms with Crippen molar-refractivity contribution < 1.29 is 19.1 Å². The molecule has 3 aromatic heterocycles. The molecule has 0 aliphatic heterocycles. The van der Waals surface area contributed by atoms with E-state index in [1.807, 2.05) is 109 Å². The number of hydrogen-bond acceptors (Lipinski definition) is 10. The Morgan fingerprint density at radius 1 is 0.435 bits per heavy atom. The number of rotatable bonds is 12. The van der Waals surface area contributed by atoms with Gasteiger partial charge in [-0.05, 0) is 13.8 Å². The molecule has 0 radical (unpaired) electrons. The summed E-state index contributed by atoms with van der Waals surface area (Å²) in [6.07, 6.45) is 0. The Kier molecular flexibility index (Phi) is 11.9. The molecule has 9 rings (SSSR count). The van der Waals surface area contributed by atoms with E-state index in [1.54, 1.807) is 13.8 Å². The van der Waals surface area contributed by atoms with Gasteiger partial charge < -0.3 is 9.47 Å². The van der Waals surface area contributed by atoms with Gasteiger partial charge in [0.05, 0.1) is 27.3 Å². The summed E-state index contributed by atoms with van der Waals surface area (Å²) in [5.74, 6) is -1.02. The first kappa shape index (κ1) is 41.1. The zero-order valence-electron chi connectivity index (χ0n) is 33.9. The number of carbonyl (C=O) groups is 2. The molecule has 0 atom stereocenters. The Labute approximate surface area is 368 Å². The number of nitrogens with zero attached hydrogens (tertiary/aromatic N) is 4. The fourth-order valence-corrected chi connectivity index (χ4v) is 16.8. The van der Waals surface area contributed by atoms with Gasteiger partial charge in [-0.25, -0.2) is 29.0 Å². The molecule has 3 heterocycles. The van der Waals surface area contributed by atoms with Crippen molar-refractivity contribution in [3.05, 3.63) is 192 Å². The Morgan fingerprint density at radius 3 is 0.935 bits per heavy atom. The van der Waals surface area contributed by atoms with E-state index in [4.69, 9.17) is 28.9 Å². The van der Waals surface area contributed by atoms with Crippen LogP contribution in [-0.4, -0.2) is 35.1 Å². The van der Waals surface area contributed by atoms with Crippen LogP contribution in [0.2, 0.25) is 0 Å². The summed E-state index contributed by atoms with van der Waals surface area (Å²) < 4.78 is 23.1. The fraction of sp³-hybridized carbons (Fsp3) is 0.0800. The zero-order valence-corrected chi connectivity index (χ0v) is 37.3. The number of thiophene rings is 2. The van der Waals surface area contributed by atoms with Crippen LogP contribution in [0.1, 0.15) is 33.2 Å². The minimum absolute atomic E-state index is 0.176. The Morgan fingerprint density at radius 2 is 0.694 bits per heavy atom. The van der Waals surface area contributed by atoms with Crippen molar-refractivity contribution in [3.8, 4) is 0 Å². The molecular weight excluding hydrogens is 847 g/mol. The highest BCUT2D eigenvalue weighted by Gasteiger charge is 2.34. The molecule has 12 heteroatoms. The van der Waals surface area contributed by atoms with E-state index < -0.39 is 26.0 Å². The molecule has 0 bridgehead atoms. The summed E-state index contributed by atoms with van der Waals surface area (Å²) in [5, 5.41) is 6.00. The van der Waals surface area contributed by atoms with E-state index in [-0.39, 0.29) is 13.2 Å². The van der Waals surface area contributed by atoms with Crippen LogP contribution >= 0.6 is 36.8 Å². The van der Waals surface area contributed by atoms with Gasteiger partial charge in [0, 0.05) is 31.8 Å². The lowest BCUT2D eigenvalue weighted by Crippen LogP contribution is -2.25. The summed E-state index contributed by atoms with van der Waals surface area (Å²) in [6.45, 7) is 3.93. The maximum atomic E-state index is 14.1. The average molecular weight is 887 g/mol. The molecule has 0 N–H and O–H groups in total. The first-order chi connectivity index (χ1) is 30.5. The SMILES string of the molecule is CCOC(=O)c1sc2nc3sc(C(=O)OCC)c(N=P(c4ccccc4)(c4ccccc4)c4ccccc4)c3nc2c1N=P(c1ccccc1)(c1ccccc1)c1ccccc1. The molecule has 0 spiro atoms. The average Bonchev–Trinajstić information content (AvgIpc) is 3.87. The number of ether oxygens (including phenoxy) is 2. The van der Waals surface area contributed by atoms with Crippen LogP contribution in [0.4, 0.5) is 11.4 Å². The maximum Gasteiger partial charge on any atom is 0.350 e. The topological polar surface area (TPSA) is 103 Å². The van der Waals surface area contributed by atoms with Crippen molar-refractivity contribution in [1.82, 2.24) is 9.97 Å². The van der Waals surface area contributed by atoms with Crippen LogP contribution in [0.25, 0.3) is 20.7 Å². The van der Waals surface area contributed by atoms with Gasteiger partial charge in [-0.2, -0.15) is 0 Å². The zero-order chi connectivity index (χ0) is 42.5. The van der Waals surface area contributed by atoms with Gasteiger partial charge >= 0.3 is 11.9 Å². The third-order valence-corrected chi connectivity index (χ3v) is 19.7. The first-order valence-electron chi connectivity index (χ1n) is 20.2. The van der Waals surface area contributed by atoms with Gasteiger partial charge in [0.2, 0.25) is 0 Å². The summed E-state index contributed by atoms with van der Waals surface area (Å²) in [7, 11) is -5.82. The Hall–Kier alpha value is -6.28. The fourth-order valence-electron chi connectivity index (χ4n) is 7.62. The second kappa shape index (κ2) is 18.0. The van der Waals surface area contributed by atoms with Crippen LogP contribution < -0.4 is 31.8 Å². The summed E-state index contributed by atoms with van der Waals surface area (Å²) >= 11 is 2.39. The highest BCUT2D eigenvalue weighted by molar-refractivity contribution is 7.88. The van der Waals surface area contributed by atoms with E-state index in [1.165, 1.54) is 22.7 Å². The summed E-state index contributed by atoms with van der Waals surface area (Å²) in [6, 6.07) is 61.4. The molecule has 0 aliphatic carbocycles. The third-order valence-electron chi connectivity index (χ3n) is 10.3. The lowest BCUT2D eigenvalue weighted by atomic mass is 10.3. The van der Waals surface area contributed by atoms with E-state index in [2.05, 4.69) is 72.8 Å². The number of esters is 2. The molecule has 9 aromatic rings. The second-order valence-electron chi connectivity index (χ2n) is 14.0. The largest absolute Gasteiger partial charge is 0.462 e. The monoisotopic (exact) mass is 886 g/mol. The molecule has 0 aliphatic rings. The maximum absolute atomic E-state index is 14.1. The molecule has 6 aromatic carbocycles. The number of benzene rings is 6. The van der Waals surface area contributed by atoms with Crippen molar-refractivity contribution >= 4 is 113 Å². The normalized spacial score (nSPS) is 11.6. The van der Waals surface area contributed by atoms with Gasteiger partial charge in [0.25, 0.3) is 0 Å². The molecule has 306 valence electrons. The van der Waals surface area contributed by atoms with Crippen LogP contribution in [-0.2, 0) is 9.47 Å².